The van der Waals surface area contributed by atoms with Crippen LogP contribution in [0.4, 0.5) is 0 Å². The van der Waals surface area contributed by atoms with Crippen LogP contribution in [-0.2, 0) is 19.4 Å². The summed E-state index contributed by atoms with van der Waals surface area (Å²) in [7, 11) is 0. The maximum Gasteiger partial charge on any atom is 0.152 e. The Bertz CT molecular complexity index is 380. The lowest BCUT2D eigenvalue weighted by Crippen LogP contribution is -2.31. The van der Waals surface area contributed by atoms with E-state index in [1.807, 2.05) is 4.68 Å². The van der Waals surface area contributed by atoms with Crippen molar-refractivity contribution in [2.24, 2.45) is 5.73 Å². The van der Waals surface area contributed by atoms with Crippen LogP contribution in [0.3, 0.4) is 0 Å². The predicted octanol–water partition coefficient (Wildman–Crippen LogP) is 0.190. The molecule has 5 heteroatoms. The highest BCUT2D eigenvalue weighted by atomic mass is 15.4. The molecule has 1 saturated heterocycles. The van der Waals surface area contributed by atoms with Crippen LogP contribution in [0.15, 0.2) is 0 Å². The number of likely N-dealkylation sites (tertiary alicyclic amines) is 1. The first kappa shape index (κ1) is 11.2. The van der Waals surface area contributed by atoms with Crippen LogP contribution in [0.25, 0.3) is 0 Å². The molecule has 3 rings (SSSR count). The summed E-state index contributed by atoms with van der Waals surface area (Å²) in [4.78, 5) is 7.11. The Morgan fingerprint density at radius 1 is 1.24 bits per heavy atom. The van der Waals surface area contributed by atoms with E-state index in [1.54, 1.807) is 0 Å². The van der Waals surface area contributed by atoms with Crippen LogP contribution in [0, 0.1) is 0 Å². The Labute approximate surface area is 102 Å². The van der Waals surface area contributed by atoms with E-state index in [-0.39, 0.29) is 6.04 Å². The SMILES string of the molecule is NC1CCn2nc(CCN3CCCC3)nc2C1. The van der Waals surface area contributed by atoms with Crippen LogP contribution < -0.4 is 5.73 Å². The zero-order valence-corrected chi connectivity index (χ0v) is 10.3. The topological polar surface area (TPSA) is 60.0 Å². The average molecular weight is 235 g/mol. The number of fused-ring (bicyclic) bond motifs is 1. The maximum atomic E-state index is 5.94. The molecule has 0 amide bonds. The van der Waals surface area contributed by atoms with Gasteiger partial charge in [-0.1, -0.05) is 0 Å². The second-order valence-corrected chi connectivity index (χ2v) is 5.22. The van der Waals surface area contributed by atoms with Gasteiger partial charge in [0.2, 0.25) is 0 Å². The number of nitrogens with two attached hydrogens (primary N) is 1. The summed E-state index contributed by atoms with van der Waals surface area (Å²) >= 11 is 0. The molecule has 0 aromatic carbocycles. The summed E-state index contributed by atoms with van der Waals surface area (Å²) in [6.07, 6.45) is 5.60. The lowest BCUT2D eigenvalue weighted by Gasteiger charge is -2.17. The van der Waals surface area contributed by atoms with E-state index in [9.17, 15) is 0 Å². The number of aromatic nitrogens is 3. The highest BCUT2D eigenvalue weighted by Gasteiger charge is 2.19. The van der Waals surface area contributed by atoms with Crippen molar-refractivity contribution in [1.29, 1.82) is 0 Å². The van der Waals surface area contributed by atoms with E-state index in [4.69, 9.17) is 5.73 Å². The van der Waals surface area contributed by atoms with Gasteiger partial charge in [-0.3, -0.25) is 0 Å². The summed E-state index contributed by atoms with van der Waals surface area (Å²) in [6.45, 7) is 4.54. The molecule has 5 nitrogen and oxygen atoms in total. The summed E-state index contributed by atoms with van der Waals surface area (Å²) in [5, 5.41) is 4.57. The molecule has 3 heterocycles. The van der Waals surface area contributed by atoms with Crippen molar-refractivity contribution < 1.29 is 0 Å². The molecule has 1 fully saturated rings. The van der Waals surface area contributed by atoms with E-state index >= 15 is 0 Å². The lowest BCUT2D eigenvalue weighted by molar-refractivity contribution is 0.340. The van der Waals surface area contributed by atoms with Gasteiger partial charge in [-0.25, -0.2) is 9.67 Å². The molecule has 2 aliphatic heterocycles. The highest BCUT2D eigenvalue weighted by Crippen LogP contribution is 2.13. The zero-order valence-electron chi connectivity index (χ0n) is 10.3. The molecule has 0 saturated carbocycles. The fraction of sp³-hybridized carbons (Fsp3) is 0.833. The van der Waals surface area contributed by atoms with Gasteiger partial charge in [-0.2, -0.15) is 5.10 Å². The third-order valence-electron chi connectivity index (χ3n) is 3.80. The van der Waals surface area contributed by atoms with Gasteiger partial charge in [-0.05, 0) is 32.4 Å². The van der Waals surface area contributed by atoms with Gasteiger partial charge in [0.25, 0.3) is 0 Å². The number of hydrogen-bond acceptors (Lipinski definition) is 4. The van der Waals surface area contributed by atoms with Crippen LogP contribution in [0.5, 0.6) is 0 Å². The third-order valence-corrected chi connectivity index (χ3v) is 3.80. The Balaban J connectivity index is 1.60. The van der Waals surface area contributed by atoms with Gasteiger partial charge in [0.1, 0.15) is 5.82 Å². The molecule has 1 atom stereocenters. The highest BCUT2D eigenvalue weighted by molar-refractivity contribution is 4.99. The van der Waals surface area contributed by atoms with Gasteiger partial charge < -0.3 is 10.6 Å². The van der Waals surface area contributed by atoms with Crippen molar-refractivity contribution in [3.63, 3.8) is 0 Å². The maximum absolute atomic E-state index is 5.94. The van der Waals surface area contributed by atoms with Gasteiger partial charge in [0.05, 0.1) is 0 Å². The standard InChI is InChI=1S/C12H21N5/c13-10-3-8-17-12(9-10)14-11(15-17)4-7-16-5-1-2-6-16/h10H,1-9,13H2. The van der Waals surface area contributed by atoms with Gasteiger partial charge >= 0.3 is 0 Å². The van der Waals surface area contributed by atoms with Crippen molar-refractivity contribution in [3.8, 4) is 0 Å². The number of aryl methyl sites for hydroxylation is 1. The summed E-state index contributed by atoms with van der Waals surface area (Å²) in [5.41, 5.74) is 5.94. The van der Waals surface area contributed by atoms with Crippen molar-refractivity contribution in [2.45, 2.75) is 44.7 Å². The van der Waals surface area contributed by atoms with E-state index in [0.29, 0.717) is 0 Å². The molecule has 0 spiro atoms. The molecular weight excluding hydrogens is 214 g/mol. The third kappa shape index (κ3) is 2.50. The first-order chi connectivity index (χ1) is 8.31. The van der Waals surface area contributed by atoms with Crippen LogP contribution in [0.2, 0.25) is 0 Å². The van der Waals surface area contributed by atoms with E-state index < -0.39 is 0 Å². The fourth-order valence-electron chi connectivity index (χ4n) is 2.75. The molecule has 1 aromatic rings. The first-order valence-electron chi connectivity index (χ1n) is 6.72. The lowest BCUT2D eigenvalue weighted by atomic mass is 10.1. The summed E-state index contributed by atoms with van der Waals surface area (Å²) in [6, 6.07) is 0.276. The van der Waals surface area contributed by atoms with E-state index in [0.717, 1.165) is 44.0 Å². The molecular formula is C12H21N5. The second kappa shape index (κ2) is 4.74. The smallest absolute Gasteiger partial charge is 0.152 e. The van der Waals surface area contributed by atoms with Gasteiger partial charge in [0, 0.05) is 32.0 Å². The Morgan fingerprint density at radius 2 is 2.06 bits per heavy atom. The van der Waals surface area contributed by atoms with Crippen molar-refractivity contribution >= 4 is 0 Å². The number of rotatable bonds is 3. The molecule has 2 aliphatic rings. The molecule has 94 valence electrons. The second-order valence-electron chi connectivity index (χ2n) is 5.22. The minimum absolute atomic E-state index is 0.276. The average Bonchev–Trinajstić information content (AvgIpc) is 2.94. The zero-order chi connectivity index (χ0) is 11.7. The van der Waals surface area contributed by atoms with Crippen molar-refractivity contribution in [1.82, 2.24) is 19.7 Å². The molecule has 1 aromatic heterocycles. The van der Waals surface area contributed by atoms with Crippen molar-refractivity contribution in [3.05, 3.63) is 11.6 Å². The van der Waals surface area contributed by atoms with Crippen LogP contribution in [0.1, 0.15) is 30.9 Å². The predicted molar refractivity (Wildman–Crippen MR) is 65.7 cm³/mol. The molecule has 0 radical (unpaired) electrons. The van der Waals surface area contributed by atoms with E-state index in [2.05, 4.69) is 15.0 Å². The Kier molecular flexibility index (Phi) is 3.11. The molecule has 2 N–H and O–H groups in total. The van der Waals surface area contributed by atoms with Crippen molar-refractivity contribution in [2.75, 3.05) is 19.6 Å². The summed E-state index contributed by atoms with van der Waals surface area (Å²) < 4.78 is 2.04. The Hall–Kier alpha value is -0.940. The monoisotopic (exact) mass is 235 g/mol. The fourth-order valence-corrected chi connectivity index (χ4v) is 2.75. The molecule has 17 heavy (non-hydrogen) atoms. The quantitative estimate of drug-likeness (QED) is 0.812. The largest absolute Gasteiger partial charge is 0.327 e. The van der Waals surface area contributed by atoms with Crippen LogP contribution in [-0.4, -0.2) is 45.3 Å². The first-order valence-corrected chi connectivity index (χ1v) is 6.72. The number of nitrogens with zero attached hydrogens (tertiary/aromatic N) is 4. The molecule has 0 aliphatic carbocycles. The van der Waals surface area contributed by atoms with Gasteiger partial charge in [0.15, 0.2) is 5.82 Å². The normalized spacial score (nSPS) is 25.1. The minimum Gasteiger partial charge on any atom is -0.327 e. The number of hydrogen-bond donors (Lipinski definition) is 1. The van der Waals surface area contributed by atoms with Crippen LogP contribution >= 0.6 is 0 Å². The van der Waals surface area contributed by atoms with E-state index in [1.165, 1.54) is 25.9 Å². The summed E-state index contributed by atoms with van der Waals surface area (Å²) in [5.74, 6) is 2.08. The molecule has 0 bridgehead atoms. The minimum atomic E-state index is 0.276. The van der Waals surface area contributed by atoms with Gasteiger partial charge in [-0.15, -0.1) is 0 Å². The molecule has 1 unspecified atom stereocenters. The Morgan fingerprint density at radius 3 is 2.88 bits per heavy atom.